The van der Waals surface area contributed by atoms with Crippen LogP contribution in [-0.2, 0) is 9.36 Å². The summed E-state index contributed by atoms with van der Waals surface area (Å²) in [5.41, 5.74) is -0.911. The van der Waals surface area contributed by atoms with Crippen LogP contribution in [0.4, 0.5) is 0 Å². The van der Waals surface area contributed by atoms with Crippen molar-refractivity contribution >= 4 is 23.7 Å². The molecule has 0 fully saturated rings. The summed E-state index contributed by atoms with van der Waals surface area (Å²) >= 11 is 0. The highest BCUT2D eigenvalue weighted by Crippen LogP contribution is 2.57. The van der Waals surface area contributed by atoms with Gasteiger partial charge < -0.3 is 14.7 Å². The summed E-state index contributed by atoms with van der Waals surface area (Å²) in [6, 6.07) is 22.9. The van der Waals surface area contributed by atoms with Gasteiger partial charge in [-0.2, -0.15) is 4.73 Å². The second kappa shape index (κ2) is 9.06. The molecule has 150 valence electrons. The third-order valence-electron chi connectivity index (χ3n) is 5.09. The van der Waals surface area contributed by atoms with Gasteiger partial charge in [-0.3, -0.25) is 4.79 Å². The molecule has 3 aromatic rings. The van der Waals surface area contributed by atoms with Crippen LogP contribution in [0.5, 0.6) is 0 Å². The summed E-state index contributed by atoms with van der Waals surface area (Å²) in [6.07, 6.45) is 1.35. The minimum Gasteiger partial charge on any atom is -0.618 e. The zero-order valence-electron chi connectivity index (χ0n) is 16.6. The van der Waals surface area contributed by atoms with Crippen LogP contribution in [0.25, 0.3) is 0 Å². The van der Waals surface area contributed by atoms with Crippen LogP contribution in [0.3, 0.4) is 0 Å². The Morgan fingerprint density at radius 2 is 1.38 bits per heavy atom. The number of pyridine rings is 1. The quantitative estimate of drug-likeness (QED) is 0.343. The van der Waals surface area contributed by atoms with Crippen LogP contribution < -0.4 is 15.3 Å². The van der Waals surface area contributed by atoms with Gasteiger partial charge in [0.25, 0.3) is 0 Å². The molecule has 3 rings (SSSR count). The van der Waals surface area contributed by atoms with Gasteiger partial charge in [-0.1, -0.05) is 60.7 Å². The summed E-state index contributed by atoms with van der Waals surface area (Å²) in [5, 5.41) is 13.8. The molecule has 0 unspecified atom stereocenters. The standard InChI is InChI=1S/C23H25N2O3P/c1-3-24(4-2)23(26)22(21-17-11-12-18-25(21)27)29(28,19-13-7-5-8-14-19)20-15-9-6-10-16-20/h5-18,22H,3-4H2,1-2H3/t22-/m1/s1. The zero-order valence-corrected chi connectivity index (χ0v) is 17.5. The van der Waals surface area contributed by atoms with Gasteiger partial charge in [0.2, 0.25) is 11.6 Å². The molecule has 0 spiro atoms. The van der Waals surface area contributed by atoms with Gasteiger partial charge in [0, 0.05) is 35.8 Å². The van der Waals surface area contributed by atoms with E-state index in [4.69, 9.17) is 0 Å². The molecule has 0 N–H and O–H groups in total. The Labute approximate surface area is 171 Å². The van der Waals surface area contributed by atoms with Crippen molar-refractivity contribution in [1.82, 2.24) is 4.90 Å². The maximum absolute atomic E-state index is 14.8. The third kappa shape index (κ3) is 3.96. The molecule has 1 heterocycles. The van der Waals surface area contributed by atoms with E-state index in [9.17, 15) is 14.6 Å². The molecule has 0 saturated carbocycles. The molecule has 1 aromatic heterocycles. The molecule has 0 aliphatic heterocycles. The largest absolute Gasteiger partial charge is 0.618 e. The molecule has 6 heteroatoms. The third-order valence-corrected chi connectivity index (χ3v) is 8.43. The number of nitrogens with zero attached hydrogens (tertiary/aromatic N) is 2. The number of likely N-dealkylation sites (N-methyl/N-ethyl adjacent to an activating group) is 1. The van der Waals surface area contributed by atoms with E-state index in [0.717, 1.165) is 0 Å². The fourth-order valence-corrected chi connectivity index (χ4v) is 6.75. The first-order valence-corrected chi connectivity index (χ1v) is 11.5. The SMILES string of the molecule is CCN(CC)C(=O)[C@@H](c1cccc[n+]1[O-])P(=O)(c1ccccc1)c1ccccc1. The lowest BCUT2D eigenvalue weighted by molar-refractivity contribution is -0.613. The lowest BCUT2D eigenvalue weighted by atomic mass is 10.2. The molecule has 0 saturated heterocycles. The Bertz CT molecular complexity index is 961. The fraction of sp³-hybridized carbons (Fsp3) is 0.217. The molecule has 29 heavy (non-hydrogen) atoms. The summed E-state index contributed by atoms with van der Waals surface area (Å²) in [6.45, 7) is 4.71. The molecular formula is C23H25N2O3P. The van der Waals surface area contributed by atoms with Crippen molar-refractivity contribution in [3.8, 4) is 0 Å². The van der Waals surface area contributed by atoms with E-state index in [1.807, 2.05) is 26.0 Å². The highest BCUT2D eigenvalue weighted by molar-refractivity contribution is 7.79. The molecule has 1 amide bonds. The smallest absolute Gasteiger partial charge is 0.244 e. The summed E-state index contributed by atoms with van der Waals surface area (Å²) in [5.74, 6) is -0.304. The topological polar surface area (TPSA) is 64.3 Å². The monoisotopic (exact) mass is 408 g/mol. The van der Waals surface area contributed by atoms with Crippen molar-refractivity contribution in [1.29, 1.82) is 0 Å². The average molecular weight is 408 g/mol. The maximum Gasteiger partial charge on any atom is 0.244 e. The van der Waals surface area contributed by atoms with E-state index in [2.05, 4.69) is 0 Å². The van der Waals surface area contributed by atoms with Crippen LogP contribution >= 0.6 is 7.14 Å². The molecule has 5 nitrogen and oxygen atoms in total. The molecule has 0 radical (unpaired) electrons. The Kier molecular flexibility index (Phi) is 6.50. The molecule has 0 bridgehead atoms. The molecular weight excluding hydrogens is 383 g/mol. The number of rotatable bonds is 7. The second-order valence-electron chi connectivity index (χ2n) is 6.69. The second-order valence-corrected chi connectivity index (χ2v) is 9.56. The van der Waals surface area contributed by atoms with Gasteiger partial charge >= 0.3 is 0 Å². The number of aromatic nitrogens is 1. The Hall–Kier alpha value is -2.91. The first kappa shape index (κ1) is 20.8. The van der Waals surface area contributed by atoms with Gasteiger partial charge in [0.1, 0.15) is 0 Å². The highest BCUT2D eigenvalue weighted by Gasteiger charge is 2.47. The van der Waals surface area contributed by atoms with Crippen molar-refractivity contribution in [2.24, 2.45) is 0 Å². The predicted octanol–water partition coefficient (Wildman–Crippen LogP) is 3.24. The number of carbonyl (C=O) groups excluding carboxylic acids is 1. The van der Waals surface area contributed by atoms with Crippen LogP contribution in [0.2, 0.25) is 0 Å². The van der Waals surface area contributed by atoms with Gasteiger partial charge in [-0.25, -0.2) is 0 Å². The first-order chi connectivity index (χ1) is 14.0. The zero-order chi connectivity index (χ0) is 20.9. The summed E-state index contributed by atoms with van der Waals surface area (Å²) < 4.78 is 15.5. The van der Waals surface area contributed by atoms with Gasteiger partial charge in [-0.15, -0.1) is 0 Å². The molecule has 0 aliphatic rings. The highest BCUT2D eigenvalue weighted by atomic mass is 31.2. The van der Waals surface area contributed by atoms with Gasteiger partial charge in [0.15, 0.2) is 19.0 Å². The van der Waals surface area contributed by atoms with Crippen molar-refractivity contribution in [3.05, 3.63) is 96.0 Å². The summed E-state index contributed by atoms with van der Waals surface area (Å²) in [7, 11) is -3.53. The fourth-order valence-electron chi connectivity index (χ4n) is 3.58. The van der Waals surface area contributed by atoms with Gasteiger partial charge in [0.05, 0.1) is 0 Å². The van der Waals surface area contributed by atoms with E-state index >= 15 is 0 Å². The minimum absolute atomic E-state index is 0.195. The minimum atomic E-state index is -3.53. The Morgan fingerprint density at radius 3 is 1.83 bits per heavy atom. The molecule has 1 atom stereocenters. The lowest BCUT2D eigenvalue weighted by Gasteiger charge is -2.30. The number of carbonyl (C=O) groups is 1. The van der Waals surface area contributed by atoms with Crippen LogP contribution in [0, 0.1) is 5.21 Å². The van der Waals surface area contributed by atoms with E-state index in [0.29, 0.717) is 28.4 Å². The van der Waals surface area contributed by atoms with Crippen LogP contribution in [0.15, 0.2) is 85.1 Å². The normalized spacial score (nSPS) is 12.3. The van der Waals surface area contributed by atoms with Crippen molar-refractivity contribution < 1.29 is 14.1 Å². The van der Waals surface area contributed by atoms with Crippen molar-refractivity contribution in [2.45, 2.75) is 19.5 Å². The number of hydrogen-bond donors (Lipinski definition) is 0. The van der Waals surface area contributed by atoms with E-state index in [1.165, 1.54) is 6.20 Å². The predicted molar refractivity (Wildman–Crippen MR) is 116 cm³/mol. The van der Waals surface area contributed by atoms with E-state index < -0.39 is 12.8 Å². The van der Waals surface area contributed by atoms with Crippen molar-refractivity contribution in [3.63, 3.8) is 0 Å². The van der Waals surface area contributed by atoms with E-state index in [-0.39, 0.29) is 11.6 Å². The average Bonchev–Trinajstić information content (AvgIpc) is 2.77. The Balaban J connectivity index is 2.34. The van der Waals surface area contributed by atoms with E-state index in [1.54, 1.807) is 71.6 Å². The first-order valence-electron chi connectivity index (χ1n) is 9.71. The number of benzene rings is 2. The summed E-state index contributed by atoms with van der Waals surface area (Å²) in [4.78, 5) is 15.3. The lowest BCUT2D eigenvalue weighted by Crippen LogP contribution is -2.43. The number of amides is 1. The van der Waals surface area contributed by atoms with Crippen molar-refractivity contribution in [2.75, 3.05) is 13.1 Å². The van der Waals surface area contributed by atoms with Crippen LogP contribution in [-0.4, -0.2) is 23.9 Å². The van der Waals surface area contributed by atoms with Gasteiger partial charge in [-0.05, 0) is 19.9 Å². The Morgan fingerprint density at radius 1 is 0.897 bits per heavy atom. The molecule has 0 aliphatic carbocycles. The molecule has 2 aromatic carbocycles. The van der Waals surface area contributed by atoms with Crippen LogP contribution in [0.1, 0.15) is 25.2 Å². The maximum atomic E-state index is 14.8. The number of hydrogen-bond acceptors (Lipinski definition) is 3.